The van der Waals surface area contributed by atoms with E-state index in [0.29, 0.717) is 17.2 Å². The van der Waals surface area contributed by atoms with Crippen LogP contribution in [-0.4, -0.2) is 41.1 Å². The molecular formula is C27H23N3O4S. The molecular weight excluding hydrogens is 462 g/mol. The molecule has 3 aromatic carbocycles. The summed E-state index contributed by atoms with van der Waals surface area (Å²) in [4.78, 5) is 17.4. The van der Waals surface area contributed by atoms with E-state index < -0.39 is 0 Å². The van der Waals surface area contributed by atoms with Crippen LogP contribution >= 0.6 is 11.8 Å². The molecule has 8 heteroatoms. The molecule has 2 heterocycles. The second-order valence-electron chi connectivity index (χ2n) is 7.98. The predicted molar refractivity (Wildman–Crippen MR) is 138 cm³/mol. The number of rotatable bonds is 5. The molecule has 176 valence electrons. The fourth-order valence-electron chi connectivity index (χ4n) is 4.09. The average Bonchev–Trinajstić information content (AvgIpc) is 3.48. The summed E-state index contributed by atoms with van der Waals surface area (Å²) in [5.74, 6) is 2.15. The first-order valence-corrected chi connectivity index (χ1v) is 11.8. The summed E-state index contributed by atoms with van der Waals surface area (Å²) in [7, 11) is 3.25. The number of hydrogen-bond acceptors (Lipinski definition) is 7. The van der Waals surface area contributed by atoms with Crippen molar-refractivity contribution in [3.63, 3.8) is 0 Å². The van der Waals surface area contributed by atoms with Gasteiger partial charge in [0, 0.05) is 12.0 Å². The van der Waals surface area contributed by atoms with Gasteiger partial charge < -0.3 is 14.6 Å². The molecule has 0 saturated carbocycles. The molecule has 0 saturated heterocycles. The van der Waals surface area contributed by atoms with Crippen molar-refractivity contribution in [1.82, 2.24) is 5.01 Å². The Morgan fingerprint density at radius 1 is 0.971 bits per heavy atom. The van der Waals surface area contributed by atoms with Gasteiger partial charge in [0.15, 0.2) is 5.84 Å². The molecule has 0 spiro atoms. The summed E-state index contributed by atoms with van der Waals surface area (Å²) in [5.41, 5.74) is 3.40. The van der Waals surface area contributed by atoms with Crippen LogP contribution in [0.15, 0.2) is 87.8 Å². The maximum absolute atomic E-state index is 12.4. The molecule has 1 unspecified atom stereocenters. The summed E-state index contributed by atoms with van der Waals surface area (Å²) >= 11 is 1.07. The first-order chi connectivity index (χ1) is 17.1. The molecule has 2 aliphatic rings. The van der Waals surface area contributed by atoms with Gasteiger partial charge in [-0.3, -0.25) is 4.79 Å². The number of benzene rings is 3. The summed E-state index contributed by atoms with van der Waals surface area (Å²) in [6.45, 7) is 0. The number of carbonyl (C=O) groups is 1. The summed E-state index contributed by atoms with van der Waals surface area (Å²) < 4.78 is 10.5. The van der Waals surface area contributed by atoms with Crippen LogP contribution in [0.5, 0.6) is 17.2 Å². The zero-order valence-electron chi connectivity index (χ0n) is 19.2. The number of hydrogen-bond donors (Lipinski definition) is 1. The third-order valence-corrected chi connectivity index (χ3v) is 6.66. The van der Waals surface area contributed by atoms with Gasteiger partial charge in [0.25, 0.3) is 0 Å². The average molecular weight is 486 g/mol. The molecule has 1 amide bonds. The molecule has 0 fully saturated rings. The molecule has 7 nitrogen and oxygen atoms in total. The number of aromatic hydroxyl groups is 1. The van der Waals surface area contributed by atoms with Crippen LogP contribution in [-0.2, 0) is 0 Å². The van der Waals surface area contributed by atoms with Crippen LogP contribution in [0.4, 0.5) is 4.79 Å². The Balaban J connectivity index is 1.55. The highest BCUT2D eigenvalue weighted by atomic mass is 32.2. The van der Waals surface area contributed by atoms with Crippen molar-refractivity contribution in [3.8, 4) is 17.2 Å². The van der Waals surface area contributed by atoms with Crippen molar-refractivity contribution in [2.24, 2.45) is 10.1 Å². The first kappa shape index (κ1) is 22.7. The standard InChI is InChI=1S/C27H23N3O4S/c1-33-19-11-7-17(8-12-19)15-25-26(28-27(32)35-25)30-23(21-5-3-4-6-24(21)31)16-22(29-30)18-9-13-20(34-2)14-10-18/h3-15,23,31H,16H2,1-2H3/b25-15-. The lowest BCUT2D eigenvalue weighted by Crippen LogP contribution is -2.26. The molecule has 2 aliphatic heterocycles. The SMILES string of the molecule is COc1ccc(/C=C2\SC(=O)N=C2N2N=C(c3ccc(OC)cc3)CC2c2ccccc2O)cc1. The third-order valence-electron chi connectivity index (χ3n) is 5.87. The molecule has 35 heavy (non-hydrogen) atoms. The molecule has 1 N–H and O–H groups in total. The number of thioether (sulfide) groups is 1. The van der Waals surface area contributed by atoms with Crippen LogP contribution in [0.3, 0.4) is 0 Å². The third kappa shape index (κ3) is 4.65. The van der Waals surface area contributed by atoms with E-state index in [4.69, 9.17) is 14.6 Å². The second-order valence-corrected chi connectivity index (χ2v) is 8.98. The van der Waals surface area contributed by atoms with Crippen molar-refractivity contribution in [2.45, 2.75) is 12.5 Å². The number of methoxy groups -OCH3 is 2. The van der Waals surface area contributed by atoms with Gasteiger partial charge in [0.2, 0.25) is 0 Å². The summed E-state index contributed by atoms with van der Waals surface area (Å²) in [6.07, 6.45) is 2.45. The van der Waals surface area contributed by atoms with Crippen LogP contribution in [0.2, 0.25) is 0 Å². The summed E-state index contributed by atoms with van der Waals surface area (Å²) in [6, 6.07) is 22.1. The Bertz CT molecular complexity index is 1350. The Morgan fingerprint density at radius 3 is 2.29 bits per heavy atom. The number of nitrogens with zero attached hydrogens (tertiary/aromatic N) is 3. The van der Waals surface area contributed by atoms with Crippen LogP contribution < -0.4 is 9.47 Å². The zero-order valence-corrected chi connectivity index (χ0v) is 20.0. The normalized spacial score (nSPS) is 18.6. The number of para-hydroxylation sites is 1. The lowest BCUT2D eigenvalue weighted by molar-refractivity contribution is 0.267. The van der Waals surface area contributed by atoms with Crippen LogP contribution in [0.1, 0.15) is 29.2 Å². The quantitative estimate of drug-likeness (QED) is 0.487. The predicted octanol–water partition coefficient (Wildman–Crippen LogP) is 5.87. The second kappa shape index (κ2) is 9.68. The monoisotopic (exact) mass is 485 g/mol. The lowest BCUT2D eigenvalue weighted by Gasteiger charge is -2.24. The van der Waals surface area contributed by atoms with E-state index in [1.807, 2.05) is 66.7 Å². The van der Waals surface area contributed by atoms with Gasteiger partial charge in [-0.2, -0.15) is 10.1 Å². The fraction of sp³-hybridized carbons (Fsp3) is 0.148. The highest BCUT2D eigenvalue weighted by Gasteiger charge is 2.37. The molecule has 5 rings (SSSR count). The van der Waals surface area contributed by atoms with E-state index in [0.717, 1.165) is 45.7 Å². The van der Waals surface area contributed by atoms with Gasteiger partial charge in [0.05, 0.1) is 30.9 Å². The maximum Gasteiger partial charge on any atom is 0.311 e. The van der Waals surface area contributed by atoms with Crippen molar-refractivity contribution >= 4 is 34.6 Å². The van der Waals surface area contributed by atoms with E-state index >= 15 is 0 Å². The van der Waals surface area contributed by atoms with E-state index in [9.17, 15) is 9.90 Å². The maximum atomic E-state index is 12.4. The minimum absolute atomic E-state index is 0.173. The van der Waals surface area contributed by atoms with E-state index in [-0.39, 0.29) is 17.0 Å². The van der Waals surface area contributed by atoms with E-state index in [1.54, 1.807) is 31.4 Å². The number of amides is 1. The van der Waals surface area contributed by atoms with Gasteiger partial charge in [-0.05, 0) is 71.4 Å². The van der Waals surface area contributed by atoms with Crippen LogP contribution in [0.25, 0.3) is 6.08 Å². The van der Waals surface area contributed by atoms with Crippen molar-refractivity contribution in [3.05, 3.63) is 94.4 Å². The molecule has 0 aliphatic carbocycles. The number of carbonyl (C=O) groups excluding carboxylic acids is 1. The highest BCUT2D eigenvalue weighted by molar-refractivity contribution is 8.18. The number of hydrazone groups is 1. The van der Waals surface area contributed by atoms with Crippen LogP contribution in [0, 0.1) is 0 Å². The van der Waals surface area contributed by atoms with Gasteiger partial charge in [-0.15, -0.1) is 0 Å². The Morgan fingerprint density at radius 2 is 1.63 bits per heavy atom. The topological polar surface area (TPSA) is 83.7 Å². The molecule has 1 atom stereocenters. The number of phenolic OH excluding ortho intramolecular Hbond substituents is 1. The smallest absolute Gasteiger partial charge is 0.311 e. The van der Waals surface area contributed by atoms with Crippen molar-refractivity contribution < 1.29 is 19.4 Å². The lowest BCUT2D eigenvalue weighted by atomic mass is 9.97. The Labute approximate surface area is 207 Å². The van der Waals surface area contributed by atoms with Gasteiger partial charge in [0.1, 0.15) is 17.2 Å². The first-order valence-electron chi connectivity index (χ1n) is 11.0. The fourth-order valence-corrected chi connectivity index (χ4v) is 4.83. The largest absolute Gasteiger partial charge is 0.508 e. The van der Waals surface area contributed by atoms with Crippen molar-refractivity contribution in [2.75, 3.05) is 14.2 Å². The number of aliphatic imine (C=N–C) groups is 1. The van der Waals surface area contributed by atoms with E-state index in [1.165, 1.54) is 0 Å². The summed E-state index contributed by atoms with van der Waals surface area (Å²) in [5, 5.41) is 17.0. The Hall–Kier alpha value is -4.04. The van der Waals surface area contributed by atoms with E-state index in [2.05, 4.69) is 4.99 Å². The molecule has 0 bridgehead atoms. The molecule has 0 radical (unpaired) electrons. The molecule has 0 aromatic heterocycles. The highest BCUT2D eigenvalue weighted by Crippen LogP contribution is 2.41. The minimum Gasteiger partial charge on any atom is -0.508 e. The molecule has 3 aromatic rings. The number of phenols is 1. The number of amidine groups is 1. The number of ether oxygens (including phenoxy) is 2. The zero-order chi connectivity index (χ0) is 24.4. The minimum atomic E-state index is -0.321. The van der Waals surface area contributed by atoms with Gasteiger partial charge >= 0.3 is 5.24 Å². The Kier molecular flexibility index (Phi) is 6.29. The van der Waals surface area contributed by atoms with Gasteiger partial charge in [-0.25, -0.2) is 5.01 Å². The van der Waals surface area contributed by atoms with Gasteiger partial charge in [-0.1, -0.05) is 30.3 Å². The van der Waals surface area contributed by atoms with Crippen molar-refractivity contribution in [1.29, 1.82) is 0 Å².